The lowest BCUT2D eigenvalue weighted by Gasteiger charge is -2.30. The maximum Gasteiger partial charge on any atom is 0.246 e. The molecule has 0 radical (unpaired) electrons. The molecule has 12 heavy (non-hydrogen) atoms. The van der Waals surface area contributed by atoms with Gasteiger partial charge in [0.05, 0.1) is 0 Å². The molecule has 3 nitrogen and oxygen atoms in total. The van der Waals surface area contributed by atoms with Crippen LogP contribution in [0.3, 0.4) is 0 Å². The Labute approximate surface area is 73.1 Å². The number of carbonyl (C=O) groups is 2. The summed E-state index contributed by atoms with van der Waals surface area (Å²) in [5.41, 5.74) is -0.204. The lowest BCUT2D eigenvalue weighted by Crippen LogP contribution is -2.41. The van der Waals surface area contributed by atoms with Crippen molar-refractivity contribution in [2.24, 2.45) is 0 Å². The molecule has 0 fully saturated rings. The molecule has 0 saturated heterocycles. The summed E-state index contributed by atoms with van der Waals surface area (Å²) in [5, 5.41) is 0. The summed E-state index contributed by atoms with van der Waals surface area (Å²) in [4.78, 5) is 22.7. The zero-order chi connectivity index (χ0) is 9.78. The standard InChI is InChI=1S/C9H15NO2/c1-9(2,3)10(4)8(12)6-5-7-11/h5-7H,1-4H3/b6-5-. The topological polar surface area (TPSA) is 37.4 Å². The van der Waals surface area contributed by atoms with Crippen LogP contribution in [0.4, 0.5) is 0 Å². The molecule has 1 amide bonds. The second-order valence-electron chi connectivity index (χ2n) is 3.56. The fourth-order valence-electron chi connectivity index (χ4n) is 0.564. The van der Waals surface area contributed by atoms with Crippen LogP contribution in [0.25, 0.3) is 0 Å². The molecule has 0 aliphatic heterocycles. The number of hydrogen-bond acceptors (Lipinski definition) is 2. The van der Waals surface area contributed by atoms with Crippen molar-refractivity contribution >= 4 is 12.2 Å². The summed E-state index contributed by atoms with van der Waals surface area (Å²) in [6, 6.07) is 0. The first-order valence-electron chi connectivity index (χ1n) is 3.79. The van der Waals surface area contributed by atoms with Gasteiger partial charge in [-0.05, 0) is 26.8 Å². The number of allylic oxidation sites excluding steroid dienone is 1. The third kappa shape index (κ3) is 3.32. The summed E-state index contributed by atoms with van der Waals surface area (Å²) in [6.45, 7) is 5.79. The SMILES string of the molecule is CN(C(=O)/C=C\C=O)C(C)(C)C. The van der Waals surface area contributed by atoms with Crippen LogP contribution in [-0.2, 0) is 9.59 Å². The summed E-state index contributed by atoms with van der Waals surface area (Å²) in [5.74, 6) is -0.158. The fourth-order valence-corrected chi connectivity index (χ4v) is 0.564. The summed E-state index contributed by atoms with van der Waals surface area (Å²) >= 11 is 0. The van der Waals surface area contributed by atoms with Gasteiger partial charge < -0.3 is 4.90 Å². The molecule has 0 unspecified atom stereocenters. The Kier molecular flexibility index (Phi) is 3.67. The molecule has 0 aliphatic carbocycles. The Balaban J connectivity index is 4.30. The molecule has 68 valence electrons. The molecule has 0 atom stereocenters. The van der Waals surface area contributed by atoms with Crippen molar-refractivity contribution in [3.8, 4) is 0 Å². The van der Waals surface area contributed by atoms with E-state index in [0.717, 1.165) is 0 Å². The molecule has 0 spiro atoms. The zero-order valence-electron chi connectivity index (χ0n) is 8.00. The number of carbonyl (C=O) groups excluding carboxylic acids is 2. The van der Waals surface area contributed by atoms with E-state index in [4.69, 9.17) is 0 Å². The zero-order valence-corrected chi connectivity index (χ0v) is 8.00. The monoisotopic (exact) mass is 169 g/mol. The smallest absolute Gasteiger partial charge is 0.246 e. The van der Waals surface area contributed by atoms with Crippen molar-refractivity contribution < 1.29 is 9.59 Å². The molecule has 0 aromatic rings. The van der Waals surface area contributed by atoms with Crippen molar-refractivity contribution in [3.63, 3.8) is 0 Å². The summed E-state index contributed by atoms with van der Waals surface area (Å²) in [6.07, 6.45) is 3.05. The number of likely N-dealkylation sites (N-methyl/N-ethyl adjacent to an activating group) is 1. The van der Waals surface area contributed by atoms with Gasteiger partial charge >= 0.3 is 0 Å². The summed E-state index contributed by atoms with van der Waals surface area (Å²) in [7, 11) is 1.71. The van der Waals surface area contributed by atoms with Crippen molar-refractivity contribution in [1.82, 2.24) is 4.90 Å². The molecule has 0 bridgehead atoms. The van der Waals surface area contributed by atoms with Crippen LogP contribution in [0, 0.1) is 0 Å². The first kappa shape index (κ1) is 10.9. The first-order valence-corrected chi connectivity index (χ1v) is 3.79. The van der Waals surface area contributed by atoms with Crippen molar-refractivity contribution in [2.75, 3.05) is 7.05 Å². The van der Waals surface area contributed by atoms with Gasteiger partial charge in [0, 0.05) is 18.7 Å². The highest BCUT2D eigenvalue weighted by Gasteiger charge is 2.19. The van der Waals surface area contributed by atoms with Crippen LogP contribution >= 0.6 is 0 Å². The third-order valence-electron chi connectivity index (χ3n) is 1.65. The second-order valence-corrected chi connectivity index (χ2v) is 3.56. The molecule has 0 aliphatic rings. The molecule has 0 rings (SSSR count). The fraction of sp³-hybridized carbons (Fsp3) is 0.556. The largest absolute Gasteiger partial charge is 0.337 e. The highest BCUT2D eigenvalue weighted by atomic mass is 16.2. The predicted octanol–water partition coefficient (Wildman–Crippen LogP) is 0.998. The van der Waals surface area contributed by atoms with E-state index >= 15 is 0 Å². The quantitative estimate of drug-likeness (QED) is 0.457. The Bertz CT molecular complexity index is 201. The van der Waals surface area contributed by atoms with E-state index in [1.54, 1.807) is 11.9 Å². The maximum absolute atomic E-state index is 11.2. The van der Waals surface area contributed by atoms with Gasteiger partial charge in [-0.25, -0.2) is 0 Å². The van der Waals surface area contributed by atoms with Crippen LogP contribution in [0.1, 0.15) is 20.8 Å². The Hall–Kier alpha value is -1.12. The number of nitrogens with zero attached hydrogens (tertiary/aromatic N) is 1. The average Bonchev–Trinajstić information content (AvgIpc) is 1.97. The van der Waals surface area contributed by atoms with Crippen molar-refractivity contribution in [3.05, 3.63) is 12.2 Å². The van der Waals surface area contributed by atoms with Gasteiger partial charge in [0.2, 0.25) is 5.91 Å². The predicted molar refractivity (Wildman–Crippen MR) is 47.7 cm³/mol. The number of aldehydes is 1. The Morgan fingerprint density at radius 1 is 1.33 bits per heavy atom. The first-order chi connectivity index (χ1) is 5.39. The van der Waals surface area contributed by atoms with Crippen LogP contribution in [0.5, 0.6) is 0 Å². The maximum atomic E-state index is 11.2. The highest BCUT2D eigenvalue weighted by molar-refractivity contribution is 5.91. The molecule has 3 heteroatoms. The molecule has 0 aromatic carbocycles. The van der Waals surface area contributed by atoms with Crippen LogP contribution in [0.2, 0.25) is 0 Å². The van der Waals surface area contributed by atoms with Gasteiger partial charge in [-0.3, -0.25) is 9.59 Å². The lowest BCUT2D eigenvalue weighted by molar-refractivity contribution is -0.128. The van der Waals surface area contributed by atoms with E-state index in [1.165, 1.54) is 12.2 Å². The van der Waals surface area contributed by atoms with Gasteiger partial charge in [0.1, 0.15) is 6.29 Å². The molecule has 0 heterocycles. The minimum atomic E-state index is -0.204. The molecular weight excluding hydrogens is 154 g/mol. The molecule has 0 aromatic heterocycles. The lowest BCUT2D eigenvalue weighted by atomic mass is 10.1. The Morgan fingerprint density at radius 2 is 1.83 bits per heavy atom. The molecule has 0 saturated carbocycles. The molecular formula is C9H15NO2. The summed E-state index contributed by atoms with van der Waals surface area (Å²) < 4.78 is 0. The normalized spacial score (nSPS) is 11.7. The van der Waals surface area contributed by atoms with E-state index in [0.29, 0.717) is 6.29 Å². The van der Waals surface area contributed by atoms with Gasteiger partial charge in [-0.15, -0.1) is 0 Å². The minimum absolute atomic E-state index is 0.158. The third-order valence-corrected chi connectivity index (χ3v) is 1.65. The van der Waals surface area contributed by atoms with Gasteiger partial charge in [-0.1, -0.05) is 0 Å². The van der Waals surface area contributed by atoms with Crippen LogP contribution in [0.15, 0.2) is 12.2 Å². The van der Waals surface area contributed by atoms with Crippen LogP contribution < -0.4 is 0 Å². The van der Waals surface area contributed by atoms with Gasteiger partial charge in [0.25, 0.3) is 0 Å². The van der Waals surface area contributed by atoms with E-state index in [-0.39, 0.29) is 11.4 Å². The van der Waals surface area contributed by atoms with E-state index in [2.05, 4.69) is 0 Å². The van der Waals surface area contributed by atoms with Crippen molar-refractivity contribution in [2.45, 2.75) is 26.3 Å². The average molecular weight is 169 g/mol. The van der Waals surface area contributed by atoms with Crippen molar-refractivity contribution in [1.29, 1.82) is 0 Å². The minimum Gasteiger partial charge on any atom is -0.337 e. The second kappa shape index (κ2) is 4.04. The van der Waals surface area contributed by atoms with Crippen LogP contribution in [-0.4, -0.2) is 29.7 Å². The number of hydrogen-bond donors (Lipinski definition) is 0. The van der Waals surface area contributed by atoms with E-state index in [1.807, 2.05) is 20.8 Å². The van der Waals surface area contributed by atoms with Gasteiger partial charge in [0.15, 0.2) is 0 Å². The number of rotatable bonds is 2. The molecule has 0 N–H and O–H groups in total. The Morgan fingerprint density at radius 3 is 2.17 bits per heavy atom. The number of amides is 1. The highest BCUT2D eigenvalue weighted by Crippen LogP contribution is 2.10. The van der Waals surface area contributed by atoms with E-state index in [9.17, 15) is 9.59 Å². The van der Waals surface area contributed by atoms with E-state index < -0.39 is 0 Å². The van der Waals surface area contributed by atoms with Gasteiger partial charge in [-0.2, -0.15) is 0 Å².